The van der Waals surface area contributed by atoms with Crippen LogP contribution in [0, 0.1) is 0 Å². The topological polar surface area (TPSA) is 29.9 Å². The van der Waals surface area contributed by atoms with Crippen LogP contribution >= 0.6 is 0 Å². The van der Waals surface area contributed by atoms with E-state index in [1.165, 1.54) is 11.3 Å². The van der Waals surface area contributed by atoms with E-state index in [2.05, 4.69) is 35.9 Å². The minimum Gasteiger partial charge on any atom is -0.313 e. The molecule has 3 nitrogen and oxygen atoms in total. The third kappa shape index (κ3) is 2.58. The predicted molar refractivity (Wildman–Crippen MR) is 59.3 cm³/mol. The summed E-state index contributed by atoms with van der Waals surface area (Å²) in [5.74, 6) is 0. The number of nitrogens with zero attached hydrogens (tertiary/aromatic N) is 2. The fourth-order valence-corrected chi connectivity index (χ4v) is 1.67. The van der Waals surface area contributed by atoms with Gasteiger partial charge in [0.05, 0.1) is 6.20 Å². The molecule has 80 valence electrons. The molecule has 0 fully saturated rings. The molecule has 1 rings (SSSR count). The Bertz CT molecular complexity index is 265. The third-order valence-electron chi connectivity index (χ3n) is 2.37. The summed E-state index contributed by atoms with van der Waals surface area (Å²) in [7, 11) is 0. The van der Waals surface area contributed by atoms with E-state index in [-0.39, 0.29) is 0 Å². The Kier molecular flexibility index (Phi) is 4.66. The summed E-state index contributed by atoms with van der Waals surface area (Å²) in [6, 6.07) is 0. The van der Waals surface area contributed by atoms with E-state index >= 15 is 0 Å². The molecule has 0 bridgehead atoms. The lowest BCUT2D eigenvalue weighted by molar-refractivity contribution is 0.574. The first kappa shape index (κ1) is 11.2. The van der Waals surface area contributed by atoms with E-state index in [0.717, 1.165) is 32.5 Å². The smallest absolute Gasteiger partial charge is 0.0537 e. The molecule has 1 aromatic rings. The van der Waals surface area contributed by atoms with Crippen molar-refractivity contribution < 1.29 is 0 Å². The number of aryl methyl sites for hydroxylation is 1. The van der Waals surface area contributed by atoms with Crippen LogP contribution < -0.4 is 5.32 Å². The van der Waals surface area contributed by atoms with Gasteiger partial charge in [-0.3, -0.25) is 4.68 Å². The zero-order chi connectivity index (χ0) is 10.4. The summed E-state index contributed by atoms with van der Waals surface area (Å²) in [6.07, 6.45) is 4.22. The van der Waals surface area contributed by atoms with Gasteiger partial charge in [-0.2, -0.15) is 5.10 Å². The summed E-state index contributed by atoms with van der Waals surface area (Å²) in [6.45, 7) is 9.51. The molecule has 0 aliphatic heterocycles. The van der Waals surface area contributed by atoms with Crippen LogP contribution in [0.15, 0.2) is 6.20 Å². The maximum Gasteiger partial charge on any atom is 0.0537 e. The number of hydrogen-bond acceptors (Lipinski definition) is 2. The molecule has 0 spiro atoms. The lowest BCUT2D eigenvalue weighted by Gasteiger charge is -2.06. The molecule has 0 amide bonds. The minimum absolute atomic E-state index is 0.948. The Morgan fingerprint density at radius 3 is 2.71 bits per heavy atom. The molecule has 3 heteroatoms. The monoisotopic (exact) mass is 195 g/mol. The van der Waals surface area contributed by atoms with Gasteiger partial charge in [-0.1, -0.05) is 20.8 Å². The molecule has 0 atom stereocenters. The molecule has 0 saturated heterocycles. The molecular weight excluding hydrogens is 174 g/mol. The highest BCUT2D eigenvalue weighted by molar-refractivity contribution is 5.17. The Morgan fingerprint density at radius 2 is 2.14 bits per heavy atom. The van der Waals surface area contributed by atoms with Crippen molar-refractivity contribution in [2.75, 3.05) is 6.54 Å². The molecule has 0 aliphatic rings. The maximum atomic E-state index is 4.41. The van der Waals surface area contributed by atoms with Crippen LogP contribution in [0.4, 0.5) is 0 Å². The zero-order valence-corrected chi connectivity index (χ0v) is 9.51. The second-order valence-corrected chi connectivity index (χ2v) is 3.47. The summed E-state index contributed by atoms with van der Waals surface area (Å²) >= 11 is 0. The molecule has 14 heavy (non-hydrogen) atoms. The number of aromatic nitrogens is 2. The lowest BCUT2D eigenvalue weighted by Crippen LogP contribution is -2.13. The Labute approximate surface area is 86.5 Å². The summed E-state index contributed by atoms with van der Waals surface area (Å²) < 4.78 is 2.13. The van der Waals surface area contributed by atoms with Crippen LogP contribution in [0.1, 0.15) is 38.4 Å². The first-order valence-corrected chi connectivity index (χ1v) is 5.57. The van der Waals surface area contributed by atoms with E-state index in [0.29, 0.717) is 0 Å². The molecule has 1 heterocycles. The fraction of sp³-hybridized carbons (Fsp3) is 0.727. The average molecular weight is 195 g/mol. The molecule has 0 aliphatic carbocycles. The minimum atomic E-state index is 0.948. The Morgan fingerprint density at radius 1 is 1.36 bits per heavy atom. The van der Waals surface area contributed by atoms with Gasteiger partial charge in [0, 0.05) is 24.3 Å². The molecule has 0 unspecified atom stereocenters. The van der Waals surface area contributed by atoms with Crippen molar-refractivity contribution in [1.29, 1.82) is 0 Å². The number of rotatable bonds is 6. The van der Waals surface area contributed by atoms with Crippen LogP contribution in [-0.2, 0) is 19.5 Å². The van der Waals surface area contributed by atoms with Gasteiger partial charge in [-0.25, -0.2) is 0 Å². The third-order valence-corrected chi connectivity index (χ3v) is 2.37. The highest BCUT2D eigenvalue weighted by Crippen LogP contribution is 2.09. The maximum absolute atomic E-state index is 4.41. The largest absolute Gasteiger partial charge is 0.313 e. The molecule has 0 aromatic carbocycles. The van der Waals surface area contributed by atoms with Gasteiger partial charge in [0.2, 0.25) is 0 Å². The van der Waals surface area contributed by atoms with Gasteiger partial charge in [-0.05, 0) is 19.4 Å². The first-order valence-electron chi connectivity index (χ1n) is 5.57. The molecule has 1 aromatic heterocycles. The quantitative estimate of drug-likeness (QED) is 0.752. The van der Waals surface area contributed by atoms with E-state index in [4.69, 9.17) is 0 Å². The fourth-order valence-electron chi connectivity index (χ4n) is 1.67. The van der Waals surface area contributed by atoms with Crippen molar-refractivity contribution in [3.05, 3.63) is 17.5 Å². The van der Waals surface area contributed by atoms with Crippen LogP contribution in [0.5, 0.6) is 0 Å². The second kappa shape index (κ2) is 5.81. The zero-order valence-electron chi connectivity index (χ0n) is 9.51. The van der Waals surface area contributed by atoms with Gasteiger partial charge in [0.25, 0.3) is 0 Å². The van der Waals surface area contributed by atoms with Gasteiger partial charge in [0.15, 0.2) is 0 Å². The molecule has 1 N–H and O–H groups in total. The normalized spacial score (nSPS) is 10.8. The van der Waals surface area contributed by atoms with Crippen molar-refractivity contribution >= 4 is 0 Å². The highest BCUT2D eigenvalue weighted by atomic mass is 15.3. The van der Waals surface area contributed by atoms with Gasteiger partial charge in [0.1, 0.15) is 0 Å². The summed E-state index contributed by atoms with van der Waals surface area (Å²) in [5, 5.41) is 7.75. The van der Waals surface area contributed by atoms with Crippen molar-refractivity contribution in [1.82, 2.24) is 15.1 Å². The summed E-state index contributed by atoms with van der Waals surface area (Å²) in [5.41, 5.74) is 2.73. The molecular formula is C11H21N3. The van der Waals surface area contributed by atoms with Gasteiger partial charge < -0.3 is 5.32 Å². The van der Waals surface area contributed by atoms with Crippen molar-refractivity contribution in [2.45, 2.75) is 46.7 Å². The molecule has 0 radical (unpaired) electrons. The van der Waals surface area contributed by atoms with Crippen molar-refractivity contribution in [3.8, 4) is 0 Å². The summed E-state index contributed by atoms with van der Waals surface area (Å²) in [4.78, 5) is 0. The average Bonchev–Trinajstić information content (AvgIpc) is 2.58. The Balaban J connectivity index is 2.73. The van der Waals surface area contributed by atoms with E-state index in [9.17, 15) is 0 Å². The van der Waals surface area contributed by atoms with E-state index in [1.807, 2.05) is 6.20 Å². The van der Waals surface area contributed by atoms with Crippen molar-refractivity contribution in [3.63, 3.8) is 0 Å². The number of hydrogen-bond donors (Lipinski definition) is 1. The van der Waals surface area contributed by atoms with E-state index in [1.54, 1.807) is 0 Å². The van der Waals surface area contributed by atoms with Crippen LogP contribution in [-0.4, -0.2) is 16.3 Å². The second-order valence-electron chi connectivity index (χ2n) is 3.47. The van der Waals surface area contributed by atoms with Crippen LogP contribution in [0.25, 0.3) is 0 Å². The lowest BCUT2D eigenvalue weighted by atomic mass is 10.2. The van der Waals surface area contributed by atoms with E-state index < -0.39 is 0 Å². The van der Waals surface area contributed by atoms with Crippen LogP contribution in [0.2, 0.25) is 0 Å². The first-order chi connectivity index (χ1) is 6.83. The SMILES string of the molecule is CCCn1ncc(CNCC)c1CC. The van der Waals surface area contributed by atoms with Gasteiger partial charge in [-0.15, -0.1) is 0 Å². The standard InChI is InChI=1S/C11H21N3/c1-4-7-14-11(5-2)10(9-13-14)8-12-6-3/h9,12H,4-8H2,1-3H3. The predicted octanol–water partition coefficient (Wildman–Crippen LogP) is 1.97. The van der Waals surface area contributed by atoms with Crippen LogP contribution in [0.3, 0.4) is 0 Å². The number of nitrogens with one attached hydrogen (secondary N) is 1. The van der Waals surface area contributed by atoms with Crippen molar-refractivity contribution in [2.24, 2.45) is 0 Å². The Hall–Kier alpha value is -0.830. The van der Waals surface area contributed by atoms with Gasteiger partial charge >= 0.3 is 0 Å². The highest BCUT2D eigenvalue weighted by Gasteiger charge is 2.07. The molecule has 0 saturated carbocycles.